The molecule has 0 bridgehead atoms. The average molecular weight is 241 g/mol. The molecule has 3 rings (SSSR count). The van der Waals surface area contributed by atoms with Crippen LogP contribution in [0.25, 0.3) is 22.2 Å². The number of H-pyrrole nitrogens is 1. The normalized spacial score (nSPS) is 10.9. The lowest BCUT2D eigenvalue weighted by atomic mass is 10.0. The van der Waals surface area contributed by atoms with Crippen molar-refractivity contribution in [2.75, 3.05) is 0 Å². The SMILES string of the molecule is NCc1cnccc1-c1ccc2[nH]c(=O)oc2c1. The summed E-state index contributed by atoms with van der Waals surface area (Å²) in [5.74, 6) is -0.448. The maximum atomic E-state index is 11.1. The third-order valence-corrected chi connectivity index (χ3v) is 2.86. The summed E-state index contributed by atoms with van der Waals surface area (Å²) in [6, 6.07) is 7.45. The standard InChI is InChI=1S/C13H11N3O2/c14-6-9-7-15-4-3-10(9)8-1-2-11-12(5-8)18-13(17)16-11/h1-5,7H,6,14H2,(H,16,17). The van der Waals surface area contributed by atoms with Crippen LogP contribution in [0.15, 0.2) is 45.9 Å². The summed E-state index contributed by atoms with van der Waals surface area (Å²) in [5.41, 5.74) is 9.82. The third-order valence-electron chi connectivity index (χ3n) is 2.86. The fourth-order valence-corrected chi connectivity index (χ4v) is 1.98. The number of oxazole rings is 1. The number of hydrogen-bond acceptors (Lipinski definition) is 4. The van der Waals surface area contributed by atoms with Crippen LogP contribution in [-0.4, -0.2) is 9.97 Å². The summed E-state index contributed by atoms with van der Waals surface area (Å²) in [6.45, 7) is 0.415. The van der Waals surface area contributed by atoms with Crippen molar-refractivity contribution in [2.45, 2.75) is 6.54 Å². The quantitative estimate of drug-likeness (QED) is 0.714. The molecular formula is C13H11N3O2. The summed E-state index contributed by atoms with van der Waals surface area (Å²) in [4.78, 5) is 17.8. The van der Waals surface area contributed by atoms with Crippen LogP contribution in [0.5, 0.6) is 0 Å². The van der Waals surface area contributed by atoms with Crippen LogP contribution in [0, 0.1) is 0 Å². The van der Waals surface area contributed by atoms with Crippen LogP contribution in [0.4, 0.5) is 0 Å². The molecule has 90 valence electrons. The molecule has 0 fully saturated rings. The predicted molar refractivity (Wildman–Crippen MR) is 68.0 cm³/mol. The highest BCUT2D eigenvalue weighted by molar-refractivity contribution is 5.80. The van der Waals surface area contributed by atoms with Gasteiger partial charge in [-0.05, 0) is 34.9 Å². The van der Waals surface area contributed by atoms with Crippen molar-refractivity contribution in [3.05, 3.63) is 52.8 Å². The van der Waals surface area contributed by atoms with Crippen molar-refractivity contribution in [3.8, 4) is 11.1 Å². The largest absolute Gasteiger partial charge is 0.417 e. The highest BCUT2D eigenvalue weighted by Gasteiger charge is 2.07. The van der Waals surface area contributed by atoms with Crippen LogP contribution < -0.4 is 11.5 Å². The second-order valence-electron chi connectivity index (χ2n) is 3.96. The molecule has 0 spiro atoms. The molecule has 18 heavy (non-hydrogen) atoms. The maximum absolute atomic E-state index is 11.1. The number of benzene rings is 1. The van der Waals surface area contributed by atoms with Gasteiger partial charge in [0.15, 0.2) is 5.58 Å². The Balaban J connectivity index is 2.21. The monoisotopic (exact) mass is 241 g/mol. The van der Waals surface area contributed by atoms with E-state index in [2.05, 4.69) is 9.97 Å². The van der Waals surface area contributed by atoms with Crippen LogP contribution >= 0.6 is 0 Å². The molecule has 0 aliphatic rings. The zero-order valence-corrected chi connectivity index (χ0v) is 9.51. The minimum Gasteiger partial charge on any atom is -0.408 e. The average Bonchev–Trinajstić information content (AvgIpc) is 2.77. The van der Waals surface area contributed by atoms with Crippen LogP contribution in [-0.2, 0) is 6.54 Å². The van der Waals surface area contributed by atoms with E-state index in [-0.39, 0.29) is 0 Å². The van der Waals surface area contributed by atoms with Gasteiger partial charge in [-0.1, -0.05) is 6.07 Å². The van der Waals surface area contributed by atoms with Gasteiger partial charge in [-0.15, -0.1) is 0 Å². The summed E-state index contributed by atoms with van der Waals surface area (Å²) in [6.07, 6.45) is 3.46. The maximum Gasteiger partial charge on any atom is 0.417 e. The smallest absolute Gasteiger partial charge is 0.408 e. The minimum atomic E-state index is -0.448. The molecule has 0 aliphatic heterocycles. The molecule has 0 amide bonds. The highest BCUT2D eigenvalue weighted by atomic mass is 16.4. The predicted octanol–water partition coefficient (Wildman–Crippen LogP) is 1.64. The van der Waals surface area contributed by atoms with E-state index in [1.165, 1.54) is 0 Å². The Hall–Kier alpha value is -2.40. The molecule has 1 aromatic carbocycles. The van der Waals surface area contributed by atoms with Crippen LogP contribution in [0.2, 0.25) is 0 Å². The van der Waals surface area contributed by atoms with Gasteiger partial charge in [0.2, 0.25) is 0 Å². The van der Waals surface area contributed by atoms with E-state index < -0.39 is 5.76 Å². The Labute approximate surface area is 102 Å². The third kappa shape index (κ3) is 1.70. The van der Waals surface area contributed by atoms with E-state index in [1.807, 2.05) is 24.3 Å². The lowest BCUT2D eigenvalue weighted by Gasteiger charge is -2.06. The van der Waals surface area contributed by atoms with Gasteiger partial charge in [-0.2, -0.15) is 0 Å². The zero-order valence-electron chi connectivity index (χ0n) is 9.51. The molecule has 0 aliphatic carbocycles. The number of nitrogens with zero attached hydrogens (tertiary/aromatic N) is 1. The first-order valence-corrected chi connectivity index (χ1v) is 5.54. The number of pyridine rings is 1. The zero-order chi connectivity index (χ0) is 12.5. The number of hydrogen-bond donors (Lipinski definition) is 2. The summed E-state index contributed by atoms with van der Waals surface area (Å²) in [5, 5.41) is 0. The highest BCUT2D eigenvalue weighted by Crippen LogP contribution is 2.25. The molecule has 0 unspecified atom stereocenters. The van der Waals surface area contributed by atoms with Crippen molar-refractivity contribution < 1.29 is 4.42 Å². The second-order valence-corrected chi connectivity index (χ2v) is 3.96. The molecule has 0 radical (unpaired) electrons. The summed E-state index contributed by atoms with van der Waals surface area (Å²) in [7, 11) is 0. The minimum absolute atomic E-state index is 0.415. The van der Waals surface area contributed by atoms with Gasteiger partial charge in [0.05, 0.1) is 5.52 Å². The van der Waals surface area contributed by atoms with Gasteiger partial charge in [-0.3, -0.25) is 9.97 Å². The van der Waals surface area contributed by atoms with Gasteiger partial charge < -0.3 is 10.2 Å². The van der Waals surface area contributed by atoms with Crippen molar-refractivity contribution >= 4 is 11.1 Å². The number of aromatic nitrogens is 2. The van der Waals surface area contributed by atoms with Crippen LogP contribution in [0.3, 0.4) is 0 Å². The Kier molecular flexibility index (Phi) is 2.46. The molecule has 0 atom stereocenters. The fraction of sp³-hybridized carbons (Fsp3) is 0.0769. The van der Waals surface area contributed by atoms with E-state index in [0.717, 1.165) is 16.7 Å². The Bertz CT molecular complexity index is 758. The topological polar surface area (TPSA) is 84.9 Å². The Morgan fingerprint density at radius 1 is 1.33 bits per heavy atom. The molecule has 0 saturated carbocycles. The second kappa shape index (κ2) is 4.12. The van der Waals surface area contributed by atoms with Gasteiger partial charge >= 0.3 is 5.76 Å². The molecular weight excluding hydrogens is 230 g/mol. The fourth-order valence-electron chi connectivity index (χ4n) is 1.98. The van der Waals surface area contributed by atoms with Gasteiger partial charge in [0.25, 0.3) is 0 Å². The van der Waals surface area contributed by atoms with Gasteiger partial charge in [0, 0.05) is 18.9 Å². The van der Waals surface area contributed by atoms with Crippen molar-refractivity contribution in [1.82, 2.24) is 9.97 Å². The van der Waals surface area contributed by atoms with E-state index in [0.29, 0.717) is 17.6 Å². The molecule has 0 saturated heterocycles. The van der Waals surface area contributed by atoms with E-state index in [4.69, 9.17) is 10.2 Å². The first-order valence-electron chi connectivity index (χ1n) is 5.54. The molecule has 2 aromatic heterocycles. The lowest BCUT2D eigenvalue weighted by molar-refractivity contribution is 0.555. The Morgan fingerprint density at radius 2 is 2.22 bits per heavy atom. The number of fused-ring (bicyclic) bond motifs is 1. The molecule has 5 heteroatoms. The molecule has 5 nitrogen and oxygen atoms in total. The van der Waals surface area contributed by atoms with E-state index >= 15 is 0 Å². The van der Waals surface area contributed by atoms with E-state index in [1.54, 1.807) is 12.4 Å². The molecule has 3 N–H and O–H groups in total. The first kappa shape index (κ1) is 10.7. The van der Waals surface area contributed by atoms with Gasteiger partial charge in [-0.25, -0.2) is 4.79 Å². The number of rotatable bonds is 2. The molecule has 2 heterocycles. The van der Waals surface area contributed by atoms with Crippen molar-refractivity contribution in [1.29, 1.82) is 0 Å². The Morgan fingerprint density at radius 3 is 3.06 bits per heavy atom. The van der Waals surface area contributed by atoms with E-state index in [9.17, 15) is 4.79 Å². The lowest BCUT2D eigenvalue weighted by Crippen LogP contribution is -1.99. The number of nitrogens with two attached hydrogens (primary N) is 1. The van der Waals surface area contributed by atoms with Crippen molar-refractivity contribution in [2.24, 2.45) is 5.73 Å². The molecule has 3 aromatic rings. The van der Waals surface area contributed by atoms with Crippen LogP contribution in [0.1, 0.15) is 5.56 Å². The first-order chi connectivity index (χ1) is 8.78. The summed E-state index contributed by atoms with van der Waals surface area (Å²) >= 11 is 0. The summed E-state index contributed by atoms with van der Waals surface area (Å²) < 4.78 is 5.05. The van der Waals surface area contributed by atoms with Gasteiger partial charge in [0.1, 0.15) is 0 Å². The number of nitrogens with one attached hydrogen (secondary N) is 1. The number of aromatic amines is 1. The van der Waals surface area contributed by atoms with Crippen molar-refractivity contribution in [3.63, 3.8) is 0 Å².